The van der Waals surface area contributed by atoms with Gasteiger partial charge in [0.25, 0.3) is 0 Å². The molecule has 1 atom stereocenters. The second-order valence-corrected chi connectivity index (χ2v) is 11.5. The van der Waals surface area contributed by atoms with Gasteiger partial charge in [-0.15, -0.1) is 0 Å². The molecule has 184 valence electrons. The Hall–Kier alpha value is -2.42. The van der Waals surface area contributed by atoms with E-state index in [1.54, 1.807) is 0 Å². The van der Waals surface area contributed by atoms with Crippen LogP contribution in [0.15, 0.2) is 53.4 Å². The zero-order valence-electron chi connectivity index (χ0n) is 19.7. The molecule has 0 aliphatic carbocycles. The van der Waals surface area contributed by atoms with Gasteiger partial charge in [0.2, 0.25) is 15.9 Å². The highest BCUT2D eigenvalue weighted by molar-refractivity contribution is 7.89. The van der Waals surface area contributed by atoms with Crippen molar-refractivity contribution in [1.82, 2.24) is 9.62 Å². The van der Waals surface area contributed by atoms with Gasteiger partial charge in [0.15, 0.2) is 0 Å². The molecular formula is C25H31ClN2O5S. The van der Waals surface area contributed by atoms with Gasteiger partial charge in [0, 0.05) is 23.5 Å². The molecule has 7 nitrogen and oxygen atoms in total. The van der Waals surface area contributed by atoms with Crippen LogP contribution >= 0.6 is 11.6 Å². The van der Waals surface area contributed by atoms with Crippen molar-refractivity contribution in [2.75, 3.05) is 13.7 Å². The summed E-state index contributed by atoms with van der Waals surface area (Å²) < 4.78 is 33.4. The van der Waals surface area contributed by atoms with Crippen molar-refractivity contribution < 1.29 is 22.7 Å². The number of halogens is 1. The monoisotopic (exact) mass is 506 g/mol. The summed E-state index contributed by atoms with van der Waals surface area (Å²) in [6, 6.07) is 12.6. The standard InChI is InChI=1S/C25H31ClN2O5S/c1-25(2,16-23(29)33-3)19-9-7-18(8-10-19)17-28(22-6-4-5-15-27-24(22)30)34(31,32)21-13-11-20(26)12-14-21/h7-14,22H,4-6,15-17H2,1-3H3,(H,27,30)/t22-/m1/s1. The van der Waals surface area contributed by atoms with Gasteiger partial charge < -0.3 is 10.1 Å². The number of carbonyl (C=O) groups is 2. The Labute approximate surface area is 206 Å². The Morgan fingerprint density at radius 1 is 1.12 bits per heavy atom. The highest BCUT2D eigenvalue weighted by Crippen LogP contribution is 2.29. The summed E-state index contributed by atoms with van der Waals surface area (Å²) in [5, 5.41) is 3.27. The van der Waals surface area contributed by atoms with Gasteiger partial charge in [-0.25, -0.2) is 8.42 Å². The molecule has 1 amide bonds. The molecule has 0 radical (unpaired) electrons. The first kappa shape index (κ1) is 26.2. The second kappa shape index (κ2) is 10.9. The smallest absolute Gasteiger partial charge is 0.306 e. The van der Waals surface area contributed by atoms with Crippen molar-refractivity contribution >= 4 is 33.5 Å². The predicted octanol–water partition coefficient (Wildman–Crippen LogP) is 4.04. The summed E-state index contributed by atoms with van der Waals surface area (Å²) in [5.41, 5.74) is 1.23. The summed E-state index contributed by atoms with van der Waals surface area (Å²) in [6.07, 6.45) is 2.23. The Bertz CT molecular complexity index is 1110. The molecule has 0 bridgehead atoms. The molecule has 1 N–H and O–H groups in total. The normalized spacial score (nSPS) is 17.2. The number of benzene rings is 2. The molecule has 0 aromatic heterocycles. The largest absolute Gasteiger partial charge is 0.469 e. The maximum atomic E-state index is 13.6. The first-order chi connectivity index (χ1) is 16.0. The minimum absolute atomic E-state index is 0.0424. The number of amides is 1. The Morgan fingerprint density at radius 3 is 2.38 bits per heavy atom. The topological polar surface area (TPSA) is 92.8 Å². The van der Waals surface area contributed by atoms with Gasteiger partial charge in [0.05, 0.1) is 18.4 Å². The van der Waals surface area contributed by atoms with E-state index in [-0.39, 0.29) is 29.7 Å². The first-order valence-corrected chi connectivity index (χ1v) is 13.1. The molecule has 34 heavy (non-hydrogen) atoms. The van der Waals surface area contributed by atoms with E-state index in [4.69, 9.17) is 16.3 Å². The molecule has 0 spiro atoms. The lowest BCUT2D eigenvalue weighted by molar-refractivity contribution is -0.141. The number of esters is 1. The van der Waals surface area contributed by atoms with Gasteiger partial charge in [-0.1, -0.05) is 49.7 Å². The van der Waals surface area contributed by atoms with Crippen LogP contribution in [0.1, 0.15) is 50.7 Å². The lowest BCUT2D eigenvalue weighted by Gasteiger charge is -2.29. The fraction of sp³-hybridized carbons (Fsp3) is 0.440. The number of carbonyl (C=O) groups excluding carboxylic acids is 2. The molecule has 1 fully saturated rings. The van der Waals surface area contributed by atoms with E-state index in [1.807, 2.05) is 38.1 Å². The highest BCUT2D eigenvalue weighted by atomic mass is 35.5. The van der Waals surface area contributed by atoms with E-state index in [0.717, 1.165) is 24.0 Å². The zero-order chi connectivity index (χ0) is 24.9. The van der Waals surface area contributed by atoms with Crippen LogP contribution in [0.4, 0.5) is 0 Å². The number of rotatable bonds is 8. The number of hydrogen-bond acceptors (Lipinski definition) is 5. The highest BCUT2D eigenvalue weighted by Gasteiger charge is 2.36. The average Bonchev–Trinajstić information content (AvgIpc) is 3.01. The van der Waals surface area contributed by atoms with Crippen LogP contribution in [0.25, 0.3) is 0 Å². The van der Waals surface area contributed by atoms with Crippen molar-refractivity contribution in [3.8, 4) is 0 Å². The molecule has 0 saturated carbocycles. The van der Waals surface area contributed by atoms with Crippen molar-refractivity contribution in [3.05, 3.63) is 64.7 Å². The summed E-state index contributed by atoms with van der Waals surface area (Å²) >= 11 is 5.96. The molecule has 1 aliphatic heterocycles. The number of nitrogens with zero attached hydrogens (tertiary/aromatic N) is 1. The molecular weight excluding hydrogens is 476 g/mol. The van der Waals surface area contributed by atoms with Gasteiger partial charge in [-0.2, -0.15) is 4.31 Å². The molecule has 1 saturated heterocycles. The molecule has 2 aromatic carbocycles. The quantitative estimate of drug-likeness (QED) is 0.545. The molecule has 2 aromatic rings. The van der Waals surface area contributed by atoms with E-state index < -0.39 is 21.5 Å². The predicted molar refractivity (Wildman–Crippen MR) is 131 cm³/mol. The zero-order valence-corrected chi connectivity index (χ0v) is 21.3. The fourth-order valence-corrected chi connectivity index (χ4v) is 5.81. The maximum absolute atomic E-state index is 13.6. The summed E-state index contributed by atoms with van der Waals surface area (Å²) in [4.78, 5) is 24.7. The van der Waals surface area contributed by atoms with Crippen molar-refractivity contribution in [2.24, 2.45) is 0 Å². The van der Waals surface area contributed by atoms with E-state index >= 15 is 0 Å². The van der Waals surface area contributed by atoms with E-state index in [2.05, 4.69) is 5.32 Å². The molecule has 1 aliphatic rings. The Morgan fingerprint density at radius 2 is 1.76 bits per heavy atom. The molecule has 9 heteroatoms. The van der Waals surface area contributed by atoms with E-state index in [1.165, 1.54) is 35.7 Å². The summed E-state index contributed by atoms with van der Waals surface area (Å²) in [6.45, 7) is 4.48. The summed E-state index contributed by atoms with van der Waals surface area (Å²) in [5.74, 6) is -0.584. The van der Waals surface area contributed by atoms with Crippen LogP contribution in [-0.2, 0) is 36.3 Å². The number of hydrogen-bond donors (Lipinski definition) is 1. The van der Waals surface area contributed by atoms with Gasteiger partial charge >= 0.3 is 5.97 Å². The number of methoxy groups -OCH3 is 1. The number of sulfonamides is 1. The minimum Gasteiger partial charge on any atom is -0.469 e. The number of nitrogens with one attached hydrogen (secondary N) is 1. The maximum Gasteiger partial charge on any atom is 0.306 e. The van der Waals surface area contributed by atoms with Crippen molar-refractivity contribution in [1.29, 1.82) is 0 Å². The van der Waals surface area contributed by atoms with Gasteiger partial charge in [0.1, 0.15) is 6.04 Å². The van der Waals surface area contributed by atoms with Crippen LogP contribution < -0.4 is 5.32 Å². The lowest BCUT2D eigenvalue weighted by Crippen LogP contribution is -2.48. The van der Waals surface area contributed by atoms with Crippen LogP contribution in [-0.4, -0.2) is 44.3 Å². The van der Waals surface area contributed by atoms with Crippen LogP contribution in [0.3, 0.4) is 0 Å². The molecule has 3 rings (SSSR count). The van der Waals surface area contributed by atoms with Crippen molar-refractivity contribution in [3.63, 3.8) is 0 Å². The SMILES string of the molecule is COC(=O)CC(C)(C)c1ccc(CN([C@@H]2CCCCNC2=O)S(=O)(=O)c2ccc(Cl)cc2)cc1. The molecule has 1 heterocycles. The van der Waals surface area contributed by atoms with Gasteiger partial charge in [-0.3, -0.25) is 9.59 Å². The second-order valence-electron chi connectivity index (χ2n) is 9.14. The first-order valence-electron chi connectivity index (χ1n) is 11.3. The average molecular weight is 507 g/mol. The lowest BCUT2D eigenvalue weighted by atomic mass is 9.81. The van der Waals surface area contributed by atoms with E-state index in [9.17, 15) is 18.0 Å². The fourth-order valence-electron chi connectivity index (χ4n) is 4.08. The van der Waals surface area contributed by atoms with E-state index in [0.29, 0.717) is 18.0 Å². The summed E-state index contributed by atoms with van der Waals surface area (Å²) in [7, 11) is -2.61. The third kappa shape index (κ3) is 6.17. The van der Waals surface area contributed by atoms with Crippen LogP contribution in [0, 0.1) is 0 Å². The van der Waals surface area contributed by atoms with Crippen LogP contribution in [0.2, 0.25) is 5.02 Å². The minimum atomic E-state index is -3.97. The van der Waals surface area contributed by atoms with Crippen LogP contribution in [0.5, 0.6) is 0 Å². The third-order valence-electron chi connectivity index (χ3n) is 6.16. The Balaban J connectivity index is 1.93. The van der Waals surface area contributed by atoms with Gasteiger partial charge in [-0.05, 0) is 54.7 Å². The third-order valence-corrected chi connectivity index (χ3v) is 8.28. The molecule has 0 unspecified atom stereocenters. The number of ether oxygens (including phenoxy) is 1. The van der Waals surface area contributed by atoms with Crippen molar-refractivity contribution in [2.45, 2.75) is 62.4 Å². The Kier molecular flexibility index (Phi) is 8.38.